The molecular weight excluding hydrogens is 522 g/mol. The number of nitrogens with one attached hydrogen (secondary N) is 2. The molecule has 1 atom stereocenters. The van der Waals surface area contributed by atoms with Crippen molar-refractivity contribution < 1.29 is 0 Å². The molecule has 1 unspecified atom stereocenters. The third kappa shape index (κ3) is 6.87. The zero-order chi connectivity index (χ0) is 19.9. The number of hydrogen-bond acceptors (Lipinski definition) is 3. The number of hydrogen-bond donors (Lipinski definition) is 2. The number of halogens is 3. The first-order valence-corrected chi connectivity index (χ1v) is 9.63. The molecule has 2 aromatic carbocycles. The minimum absolute atomic E-state index is 0. The second kappa shape index (κ2) is 11.4. The van der Waals surface area contributed by atoms with Gasteiger partial charge >= 0.3 is 0 Å². The van der Waals surface area contributed by atoms with E-state index in [9.17, 15) is 0 Å². The first-order chi connectivity index (χ1) is 13.5. The number of benzene rings is 2. The number of aromatic nitrogens is 3. The van der Waals surface area contributed by atoms with E-state index in [2.05, 4.69) is 43.9 Å². The second-order valence-corrected chi connectivity index (χ2v) is 7.21. The molecule has 0 saturated heterocycles. The predicted octanol–water partition coefficient (Wildman–Crippen LogP) is 4.68. The van der Waals surface area contributed by atoms with Gasteiger partial charge in [-0.05, 0) is 35.7 Å². The van der Waals surface area contributed by atoms with Crippen LogP contribution in [0.25, 0.3) is 0 Å². The fourth-order valence-electron chi connectivity index (χ4n) is 2.86. The van der Waals surface area contributed by atoms with E-state index in [4.69, 9.17) is 23.2 Å². The van der Waals surface area contributed by atoms with Crippen LogP contribution in [0.15, 0.2) is 60.1 Å². The highest BCUT2D eigenvalue weighted by atomic mass is 127. The van der Waals surface area contributed by atoms with Crippen molar-refractivity contribution in [1.82, 2.24) is 25.4 Å². The predicted molar refractivity (Wildman–Crippen MR) is 129 cm³/mol. The Hall–Kier alpha value is -1.84. The summed E-state index contributed by atoms with van der Waals surface area (Å²) in [6.45, 7) is 3.36. The summed E-state index contributed by atoms with van der Waals surface area (Å²) in [5.41, 5.74) is 3.27. The lowest BCUT2D eigenvalue weighted by molar-refractivity contribution is 0.679. The highest BCUT2D eigenvalue weighted by Gasteiger charge is 2.12. The van der Waals surface area contributed by atoms with Gasteiger partial charge in [0.2, 0.25) is 0 Å². The Kier molecular flexibility index (Phi) is 9.19. The third-order valence-corrected chi connectivity index (χ3v) is 4.83. The Labute approximate surface area is 197 Å². The van der Waals surface area contributed by atoms with Crippen molar-refractivity contribution in [3.63, 3.8) is 0 Å². The quantitative estimate of drug-likeness (QED) is 0.269. The van der Waals surface area contributed by atoms with Gasteiger partial charge in [-0.3, -0.25) is 4.99 Å². The smallest absolute Gasteiger partial charge is 0.191 e. The van der Waals surface area contributed by atoms with Gasteiger partial charge in [0.1, 0.15) is 12.7 Å². The summed E-state index contributed by atoms with van der Waals surface area (Å²) in [5, 5.41) is 12.1. The van der Waals surface area contributed by atoms with Crippen LogP contribution in [-0.4, -0.2) is 27.8 Å². The van der Waals surface area contributed by atoms with Crippen LogP contribution in [0.3, 0.4) is 0 Å². The van der Waals surface area contributed by atoms with Gasteiger partial charge in [-0.1, -0.05) is 53.5 Å². The molecule has 0 saturated carbocycles. The van der Waals surface area contributed by atoms with Crippen LogP contribution < -0.4 is 10.6 Å². The van der Waals surface area contributed by atoms with E-state index in [0.717, 1.165) is 16.7 Å². The molecule has 2 N–H and O–H groups in total. The lowest BCUT2D eigenvalue weighted by Crippen LogP contribution is -2.38. The maximum absolute atomic E-state index is 6.30. The van der Waals surface area contributed by atoms with Crippen LogP contribution in [0.2, 0.25) is 10.0 Å². The zero-order valence-corrected chi connectivity index (χ0v) is 20.0. The van der Waals surface area contributed by atoms with Crippen molar-refractivity contribution in [2.45, 2.75) is 26.1 Å². The van der Waals surface area contributed by atoms with Crippen molar-refractivity contribution in [3.05, 3.63) is 81.9 Å². The average molecular weight is 545 g/mol. The fourth-order valence-corrected chi connectivity index (χ4v) is 3.43. The summed E-state index contributed by atoms with van der Waals surface area (Å²) in [6, 6.07) is 13.8. The minimum atomic E-state index is -0.0189. The van der Waals surface area contributed by atoms with Gasteiger partial charge in [-0.15, -0.1) is 24.0 Å². The molecule has 0 aliphatic heterocycles. The van der Waals surface area contributed by atoms with E-state index in [-0.39, 0.29) is 30.0 Å². The van der Waals surface area contributed by atoms with E-state index in [0.29, 0.717) is 29.1 Å². The summed E-state index contributed by atoms with van der Waals surface area (Å²) in [6.07, 6.45) is 3.25. The molecular formula is C20H23Cl2IN6. The summed E-state index contributed by atoms with van der Waals surface area (Å²) in [5.74, 6) is 0.695. The van der Waals surface area contributed by atoms with E-state index in [1.165, 1.54) is 6.33 Å². The van der Waals surface area contributed by atoms with Gasteiger partial charge in [0.15, 0.2) is 5.96 Å². The molecule has 29 heavy (non-hydrogen) atoms. The maximum Gasteiger partial charge on any atom is 0.191 e. The van der Waals surface area contributed by atoms with E-state index in [1.807, 2.05) is 25.1 Å². The SMILES string of the molecule is CN=C(NCc1cccc(Cn2cncn2)c1)NC(C)c1ccc(Cl)cc1Cl.I. The van der Waals surface area contributed by atoms with Gasteiger partial charge in [-0.25, -0.2) is 9.67 Å². The molecule has 1 aromatic heterocycles. The molecule has 154 valence electrons. The molecule has 0 bridgehead atoms. The van der Waals surface area contributed by atoms with E-state index < -0.39 is 0 Å². The van der Waals surface area contributed by atoms with Gasteiger partial charge in [0.25, 0.3) is 0 Å². The van der Waals surface area contributed by atoms with Crippen LogP contribution >= 0.6 is 47.2 Å². The van der Waals surface area contributed by atoms with E-state index in [1.54, 1.807) is 24.1 Å². The highest BCUT2D eigenvalue weighted by Crippen LogP contribution is 2.26. The largest absolute Gasteiger partial charge is 0.352 e. The highest BCUT2D eigenvalue weighted by molar-refractivity contribution is 14.0. The Bertz CT molecular complexity index is 946. The molecule has 0 aliphatic carbocycles. The number of guanidine groups is 1. The van der Waals surface area contributed by atoms with Gasteiger partial charge in [-0.2, -0.15) is 5.10 Å². The lowest BCUT2D eigenvalue weighted by Gasteiger charge is -2.19. The molecule has 0 spiro atoms. The molecule has 9 heteroatoms. The molecule has 0 fully saturated rings. The molecule has 0 amide bonds. The van der Waals surface area contributed by atoms with Crippen molar-refractivity contribution >= 4 is 53.1 Å². The van der Waals surface area contributed by atoms with Crippen LogP contribution in [0.4, 0.5) is 0 Å². The standard InChI is InChI=1S/C20H22Cl2N6.HI/c1-14(18-7-6-17(21)9-19(18)22)27-20(23-2)25-10-15-4-3-5-16(8-15)11-28-13-24-12-26-28;/h3-9,12-14H,10-11H2,1-2H3,(H2,23,25,27);1H. The molecule has 3 aromatic rings. The first kappa shape index (κ1) is 23.4. The van der Waals surface area contributed by atoms with Gasteiger partial charge in [0.05, 0.1) is 12.6 Å². The zero-order valence-electron chi connectivity index (χ0n) is 16.1. The van der Waals surface area contributed by atoms with E-state index >= 15 is 0 Å². The number of aliphatic imine (C=N–C) groups is 1. The van der Waals surface area contributed by atoms with Crippen molar-refractivity contribution in [2.75, 3.05) is 7.05 Å². The number of rotatable bonds is 6. The average Bonchev–Trinajstić information content (AvgIpc) is 3.18. The Balaban J connectivity index is 0.00000300. The molecule has 1 heterocycles. The van der Waals surface area contributed by atoms with Crippen molar-refractivity contribution in [1.29, 1.82) is 0 Å². The summed E-state index contributed by atoms with van der Waals surface area (Å²) in [4.78, 5) is 8.28. The third-order valence-electron chi connectivity index (χ3n) is 4.27. The molecule has 3 rings (SSSR count). The van der Waals surface area contributed by atoms with Crippen LogP contribution in [0, 0.1) is 0 Å². The first-order valence-electron chi connectivity index (χ1n) is 8.87. The second-order valence-electron chi connectivity index (χ2n) is 6.37. The lowest BCUT2D eigenvalue weighted by atomic mass is 10.1. The molecule has 0 radical (unpaired) electrons. The maximum atomic E-state index is 6.30. The van der Waals surface area contributed by atoms with Gasteiger partial charge in [0, 0.05) is 23.6 Å². The van der Waals surface area contributed by atoms with Gasteiger partial charge < -0.3 is 10.6 Å². The summed E-state index contributed by atoms with van der Waals surface area (Å²) >= 11 is 12.3. The topological polar surface area (TPSA) is 67.1 Å². The monoisotopic (exact) mass is 544 g/mol. The Morgan fingerprint density at radius 1 is 1.17 bits per heavy atom. The Morgan fingerprint density at radius 2 is 1.97 bits per heavy atom. The summed E-state index contributed by atoms with van der Waals surface area (Å²) < 4.78 is 1.80. The van der Waals surface area contributed by atoms with Crippen LogP contribution in [0.5, 0.6) is 0 Å². The summed E-state index contributed by atoms with van der Waals surface area (Å²) in [7, 11) is 1.74. The molecule has 0 aliphatic rings. The normalized spacial score (nSPS) is 12.2. The van der Waals surface area contributed by atoms with Crippen molar-refractivity contribution in [3.8, 4) is 0 Å². The number of nitrogens with zero attached hydrogens (tertiary/aromatic N) is 4. The fraction of sp³-hybridized carbons (Fsp3) is 0.250. The molecule has 6 nitrogen and oxygen atoms in total. The van der Waals surface area contributed by atoms with Crippen LogP contribution in [-0.2, 0) is 13.1 Å². The minimum Gasteiger partial charge on any atom is -0.352 e. The van der Waals surface area contributed by atoms with Crippen LogP contribution in [0.1, 0.15) is 29.7 Å². The van der Waals surface area contributed by atoms with Crippen molar-refractivity contribution in [2.24, 2.45) is 4.99 Å². The Morgan fingerprint density at radius 3 is 2.66 bits per heavy atom.